The van der Waals surface area contributed by atoms with Crippen molar-refractivity contribution >= 4 is 138 Å². The molecule has 2 nitrogen and oxygen atoms in total. The summed E-state index contributed by atoms with van der Waals surface area (Å²) in [4.78, 5) is 27.5. The van der Waals surface area contributed by atoms with Gasteiger partial charge < -0.3 is 0 Å². The highest BCUT2D eigenvalue weighted by Gasteiger charge is 2.24. The SMILES string of the molecule is O=c1c2ccc3cc4c5c(Cl)c(Br)cc(Cl)c5c(=O)c5ccc6cc(c7c(Cl)ccc(Cl)c17)c2c3c6c54. The van der Waals surface area contributed by atoms with Crippen LogP contribution in [0.2, 0.25) is 20.1 Å². The molecule has 0 aromatic heterocycles. The van der Waals surface area contributed by atoms with Gasteiger partial charge in [-0.05, 0) is 90.7 Å². The molecule has 37 heavy (non-hydrogen) atoms. The van der Waals surface area contributed by atoms with E-state index in [9.17, 15) is 9.59 Å². The van der Waals surface area contributed by atoms with E-state index in [0.717, 1.165) is 43.1 Å². The minimum absolute atomic E-state index is 0.166. The van der Waals surface area contributed by atoms with E-state index in [1.54, 1.807) is 18.2 Å². The molecular formula is C30H9BrCl4O2. The van der Waals surface area contributed by atoms with Crippen molar-refractivity contribution in [3.63, 3.8) is 0 Å². The lowest BCUT2D eigenvalue weighted by molar-refractivity contribution is 1.69. The first-order valence-corrected chi connectivity index (χ1v) is 13.6. The molecule has 0 heterocycles. The van der Waals surface area contributed by atoms with Crippen LogP contribution in [0.25, 0.3) is 75.4 Å². The smallest absolute Gasteiger partial charge is 0.195 e. The molecule has 0 saturated heterocycles. The van der Waals surface area contributed by atoms with Crippen molar-refractivity contribution in [3.8, 4) is 0 Å². The Labute approximate surface area is 236 Å². The molecule has 0 aliphatic heterocycles. The molecule has 0 saturated carbocycles. The van der Waals surface area contributed by atoms with Gasteiger partial charge in [-0.3, -0.25) is 9.59 Å². The first-order chi connectivity index (χ1) is 17.8. The van der Waals surface area contributed by atoms with E-state index in [4.69, 9.17) is 46.4 Å². The summed E-state index contributed by atoms with van der Waals surface area (Å²) in [6, 6.07) is 16.7. The lowest BCUT2D eigenvalue weighted by Crippen LogP contribution is -2.07. The van der Waals surface area contributed by atoms with Gasteiger partial charge in [-0.25, -0.2) is 0 Å². The van der Waals surface area contributed by atoms with Gasteiger partial charge >= 0.3 is 0 Å². The van der Waals surface area contributed by atoms with Gasteiger partial charge in [0.25, 0.3) is 0 Å². The molecular weight excluding hydrogens is 614 g/mol. The maximum Gasteiger partial charge on any atom is 0.195 e. The van der Waals surface area contributed by atoms with Crippen LogP contribution in [0.15, 0.2) is 68.7 Å². The van der Waals surface area contributed by atoms with Gasteiger partial charge in [0.2, 0.25) is 0 Å². The topological polar surface area (TPSA) is 34.1 Å². The zero-order valence-corrected chi connectivity index (χ0v) is 23.0. The Bertz CT molecular complexity index is 2450. The summed E-state index contributed by atoms with van der Waals surface area (Å²) in [6.45, 7) is 0. The third kappa shape index (κ3) is 2.59. The molecule has 8 aromatic carbocycles. The predicted octanol–water partition coefficient (Wildman–Crippen LogP) is 10.2. The summed E-state index contributed by atoms with van der Waals surface area (Å²) in [5.41, 5.74) is -0.343. The van der Waals surface area contributed by atoms with Gasteiger partial charge in [-0.1, -0.05) is 58.5 Å². The standard InChI is InChI=1S/C30H9BrCl4O2/c31-16-9-19(34)27-25(28(16)35)15-8-11-2-3-12-22-14(24-17(32)5-6-18(33)26(24)29(12)36)7-10-1-4-13(30(27)37)23(15)21(10)20(11)22/h1-9H. The fourth-order valence-corrected chi connectivity index (χ4v) is 7.78. The highest BCUT2D eigenvalue weighted by molar-refractivity contribution is 9.10. The Morgan fingerprint density at radius 3 is 1.51 bits per heavy atom. The van der Waals surface area contributed by atoms with Crippen molar-refractivity contribution in [2.24, 2.45) is 0 Å². The molecule has 0 amide bonds. The number of hydrogen-bond acceptors (Lipinski definition) is 2. The highest BCUT2D eigenvalue weighted by Crippen LogP contribution is 2.48. The molecule has 0 radical (unpaired) electrons. The Balaban J connectivity index is 1.79. The molecule has 0 atom stereocenters. The molecule has 0 unspecified atom stereocenters. The quantitative estimate of drug-likeness (QED) is 0.0958. The molecule has 0 aliphatic carbocycles. The molecule has 7 heteroatoms. The summed E-state index contributed by atoms with van der Waals surface area (Å²) < 4.78 is 0.618. The zero-order valence-electron chi connectivity index (χ0n) is 18.4. The number of rotatable bonds is 0. The van der Waals surface area contributed by atoms with Crippen LogP contribution < -0.4 is 10.9 Å². The van der Waals surface area contributed by atoms with Gasteiger partial charge in [-0.15, -0.1) is 0 Å². The minimum atomic E-state index is -0.177. The van der Waals surface area contributed by atoms with E-state index in [-0.39, 0.29) is 10.9 Å². The minimum Gasteiger partial charge on any atom is -0.289 e. The predicted molar refractivity (Wildman–Crippen MR) is 163 cm³/mol. The summed E-state index contributed by atoms with van der Waals surface area (Å²) in [5.74, 6) is 0. The van der Waals surface area contributed by atoms with Crippen molar-refractivity contribution in [2.75, 3.05) is 0 Å². The van der Waals surface area contributed by atoms with Gasteiger partial charge in [0.05, 0.1) is 25.8 Å². The monoisotopic (exact) mass is 620 g/mol. The summed E-state index contributed by atoms with van der Waals surface area (Å²) >= 11 is 30.0. The van der Waals surface area contributed by atoms with E-state index >= 15 is 0 Å². The average Bonchev–Trinajstić information content (AvgIpc) is 2.88. The molecule has 8 rings (SSSR count). The normalized spacial score (nSPS) is 12.7. The second-order valence-electron chi connectivity index (χ2n) is 9.36. The van der Waals surface area contributed by atoms with Gasteiger partial charge in [0, 0.05) is 41.8 Å². The van der Waals surface area contributed by atoms with Crippen molar-refractivity contribution in [3.05, 3.63) is 99.6 Å². The van der Waals surface area contributed by atoms with E-state index in [2.05, 4.69) is 15.9 Å². The van der Waals surface area contributed by atoms with Crippen LogP contribution in [0.5, 0.6) is 0 Å². The second kappa shape index (κ2) is 7.25. The van der Waals surface area contributed by atoms with E-state index in [0.29, 0.717) is 56.9 Å². The molecule has 0 fully saturated rings. The third-order valence-electron chi connectivity index (χ3n) is 7.62. The molecule has 0 aliphatic rings. The van der Waals surface area contributed by atoms with E-state index < -0.39 is 0 Å². The molecule has 8 aromatic rings. The maximum absolute atomic E-state index is 13.8. The van der Waals surface area contributed by atoms with Crippen LogP contribution in [0, 0.1) is 0 Å². The van der Waals surface area contributed by atoms with Crippen LogP contribution in [-0.4, -0.2) is 0 Å². The van der Waals surface area contributed by atoms with Crippen molar-refractivity contribution in [2.45, 2.75) is 0 Å². The number of halogens is 5. The molecule has 0 N–H and O–H groups in total. The Hall–Kier alpha value is -2.66. The Morgan fingerprint density at radius 2 is 0.946 bits per heavy atom. The van der Waals surface area contributed by atoms with E-state index in [1.807, 2.05) is 36.4 Å². The number of fused-ring (bicyclic) bond motifs is 4. The lowest BCUT2D eigenvalue weighted by Gasteiger charge is -2.19. The van der Waals surface area contributed by atoms with Crippen LogP contribution in [0.3, 0.4) is 0 Å². The van der Waals surface area contributed by atoms with Crippen LogP contribution in [0.1, 0.15) is 0 Å². The summed E-state index contributed by atoms with van der Waals surface area (Å²) in [7, 11) is 0. The first-order valence-electron chi connectivity index (χ1n) is 11.3. The number of hydrogen-bond donors (Lipinski definition) is 0. The molecule has 176 valence electrons. The van der Waals surface area contributed by atoms with Gasteiger partial charge in [-0.2, -0.15) is 0 Å². The molecule has 0 spiro atoms. The average molecular weight is 623 g/mol. The molecule has 0 bridgehead atoms. The maximum atomic E-state index is 13.8. The lowest BCUT2D eigenvalue weighted by atomic mass is 9.84. The van der Waals surface area contributed by atoms with Crippen LogP contribution in [-0.2, 0) is 0 Å². The summed E-state index contributed by atoms with van der Waals surface area (Å²) in [5, 5.41) is 11.8. The Kier molecular flexibility index (Phi) is 4.38. The largest absolute Gasteiger partial charge is 0.289 e. The van der Waals surface area contributed by atoms with Crippen LogP contribution >= 0.6 is 62.3 Å². The zero-order chi connectivity index (χ0) is 25.5. The van der Waals surface area contributed by atoms with Gasteiger partial charge in [0.15, 0.2) is 10.9 Å². The van der Waals surface area contributed by atoms with Gasteiger partial charge in [0.1, 0.15) is 0 Å². The van der Waals surface area contributed by atoms with Crippen molar-refractivity contribution < 1.29 is 0 Å². The van der Waals surface area contributed by atoms with Crippen LogP contribution in [0.4, 0.5) is 0 Å². The highest BCUT2D eigenvalue weighted by atomic mass is 79.9. The fourth-order valence-electron chi connectivity index (χ4n) is 6.18. The number of benzene rings is 8. The fraction of sp³-hybridized carbons (Fsp3) is 0. The summed E-state index contributed by atoms with van der Waals surface area (Å²) in [6.07, 6.45) is 0. The first kappa shape index (κ1) is 22.3. The third-order valence-corrected chi connectivity index (χ3v) is 9.79. The van der Waals surface area contributed by atoms with E-state index in [1.165, 1.54) is 0 Å². The second-order valence-corrected chi connectivity index (χ2v) is 11.8. The van der Waals surface area contributed by atoms with Crippen molar-refractivity contribution in [1.29, 1.82) is 0 Å². The Morgan fingerprint density at radius 1 is 0.459 bits per heavy atom. The van der Waals surface area contributed by atoms with Crippen molar-refractivity contribution in [1.82, 2.24) is 0 Å².